The number of nitrogens with two attached hydrogens (primary N) is 1. The number of halogens is 2. The lowest BCUT2D eigenvalue weighted by Gasteiger charge is -2.22. The molecule has 1 rings (SSSR count). The number of hydrogen-bond donors (Lipinski definition) is 1. The van der Waals surface area contributed by atoms with Crippen molar-refractivity contribution in [3.63, 3.8) is 0 Å². The van der Waals surface area contributed by atoms with Crippen LogP contribution in [0.4, 0.5) is 8.78 Å². The molecule has 0 bridgehead atoms. The molecule has 0 spiro atoms. The SMILES string of the molecule is CCCCN(CCN)C(=O)c1ccc(OC(F)F)cc1. The Morgan fingerprint density at radius 1 is 1.30 bits per heavy atom. The van der Waals surface area contributed by atoms with E-state index >= 15 is 0 Å². The van der Waals surface area contributed by atoms with Gasteiger partial charge in [-0.05, 0) is 30.7 Å². The fourth-order valence-corrected chi connectivity index (χ4v) is 1.78. The Hall–Kier alpha value is -1.69. The summed E-state index contributed by atoms with van der Waals surface area (Å²) in [4.78, 5) is 13.9. The maximum absolute atomic E-state index is 12.3. The summed E-state index contributed by atoms with van der Waals surface area (Å²) in [6.07, 6.45) is 1.88. The molecular weight excluding hydrogens is 266 g/mol. The zero-order chi connectivity index (χ0) is 15.0. The highest BCUT2D eigenvalue weighted by Gasteiger charge is 2.15. The predicted octanol–water partition coefficient (Wildman–Crippen LogP) is 2.49. The Bertz CT molecular complexity index is 410. The number of amides is 1. The van der Waals surface area contributed by atoms with Crippen molar-refractivity contribution < 1.29 is 18.3 Å². The molecule has 0 fully saturated rings. The Kier molecular flexibility index (Phi) is 6.93. The Morgan fingerprint density at radius 2 is 1.95 bits per heavy atom. The number of hydrogen-bond acceptors (Lipinski definition) is 3. The summed E-state index contributed by atoms with van der Waals surface area (Å²) >= 11 is 0. The van der Waals surface area contributed by atoms with Crippen LogP contribution in [0.2, 0.25) is 0 Å². The second kappa shape index (κ2) is 8.47. The third-order valence-electron chi connectivity index (χ3n) is 2.79. The summed E-state index contributed by atoms with van der Waals surface area (Å²) < 4.78 is 28.3. The van der Waals surface area contributed by atoms with Gasteiger partial charge in [0.1, 0.15) is 5.75 Å². The predicted molar refractivity (Wildman–Crippen MR) is 72.9 cm³/mol. The molecule has 0 aromatic heterocycles. The van der Waals surface area contributed by atoms with Crippen LogP contribution in [0, 0.1) is 0 Å². The van der Waals surface area contributed by atoms with Gasteiger partial charge in [-0.1, -0.05) is 13.3 Å². The van der Waals surface area contributed by atoms with Gasteiger partial charge in [0.15, 0.2) is 0 Å². The molecule has 2 N–H and O–H groups in total. The van der Waals surface area contributed by atoms with Crippen molar-refractivity contribution in [2.24, 2.45) is 5.73 Å². The second-order valence-electron chi connectivity index (χ2n) is 4.34. The van der Waals surface area contributed by atoms with Crippen LogP contribution in [0.25, 0.3) is 0 Å². The molecule has 20 heavy (non-hydrogen) atoms. The molecule has 1 aromatic carbocycles. The van der Waals surface area contributed by atoms with Crippen LogP contribution >= 0.6 is 0 Å². The minimum absolute atomic E-state index is 0.0375. The molecule has 4 nitrogen and oxygen atoms in total. The van der Waals surface area contributed by atoms with Gasteiger partial charge in [0.2, 0.25) is 0 Å². The topological polar surface area (TPSA) is 55.6 Å². The zero-order valence-electron chi connectivity index (χ0n) is 11.5. The average molecular weight is 286 g/mol. The van der Waals surface area contributed by atoms with Crippen molar-refractivity contribution in [3.8, 4) is 5.75 Å². The maximum Gasteiger partial charge on any atom is 0.387 e. The molecule has 0 aliphatic carbocycles. The van der Waals surface area contributed by atoms with Crippen LogP contribution in [0.15, 0.2) is 24.3 Å². The van der Waals surface area contributed by atoms with Gasteiger partial charge in [-0.2, -0.15) is 8.78 Å². The van der Waals surface area contributed by atoms with E-state index in [1.807, 2.05) is 6.92 Å². The van der Waals surface area contributed by atoms with Crippen molar-refractivity contribution in [1.82, 2.24) is 4.90 Å². The van der Waals surface area contributed by atoms with Gasteiger partial charge < -0.3 is 15.4 Å². The summed E-state index contributed by atoms with van der Waals surface area (Å²) in [6, 6.07) is 5.69. The van der Waals surface area contributed by atoms with E-state index < -0.39 is 6.61 Å². The molecule has 1 aromatic rings. The summed E-state index contributed by atoms with van der Waals surface area (Å²) in [5.74, 6) is -0.108. The van der Waals surface area contributed by atoms with E-state index in [9.17, 15) is 13.6 Å². The standard InChI is InChI=1S/C14H20F2N2O2/c1-2-3-9-18(10-8-17)13(19)11-4-6-12(7-5-11)20-14(15)16/h4-7,14H,2-3,8-10,17H2,1H3. The minimum Gasteiger partial charge on any atom is -0.435 e. The molecule has 0 unspecified atom stereocenters. The smallest absolute Gasteiger partial charge is 0.387 e. The highest BCUT2D eigenvalue weighted by atomic mass is 19.3. The molecule has 112 valence electrons. The molecule has 6 heteroatoms. The zero-order valence-corrected chi connectivity index (χ0v) is 11.5. The number of carbonyl (C=O) groups excluding carboxylic acids is 1. The van der Waals surface area contributed by atoms with Crippen molar-refractivity contribution in [2.45, 2.75) is 26.4 Å². The van der Waals surface area contributed by atoms with E-state index in [0.717, 1.165) is 12.8 Å². The first kappa shape index (κ1) is 16.4. The van der Waals surface area contributed by atoms with Crippen LogP contribution in [0.3, 0.4) is 0 Å². The number of ether oxygens (including phenoxy) is 1. The van der Waals surface area contributed by atoms with Gasteiger partial charge in [-0.15, -0.1) is 0 Å². The molecule has 0 radical (unpaired) electrons. The minimum atomic E-state index is -2.87. The van der Waals surface area contributed by atoms with Crippen LogP contribution < -0.4 is 10.5 Å². The number of rotatable bonds is 8. The normalized spacial score (nSPS) is 10.7. The first-order chi connectivity index (χ1) is 9.58. The first-order valence-electron chi connectivity index (χ1n) is 6.62. The van der Waals surface area contributed by atoms with E-state index in [0.29, 0.717) is 25.2 Å². The second-order valence-corrected chi connectivity index (χ2v) is 4.34. The third-order valence-corrected chi connectivity index (χ3v) is 2.79. The molecule has 0 aliphatic rings. The van der Waals surface area contributed by atoms with Crippen molar-refractivity contribution in [1.29, 1.82) is 0 Å². The van der Waals surface area contributed by atoms with E-state index in [4.69, 9.17) is 5.73 Å². The highest BCUT2D eigenvalue weighted by molar-refractivity contribution is 5.94. The molecular formula is C14H20F2N2O2. The molecule has 0 aliphatic heterocycles. The van der Waals surface area contributed by atoms with Gasteiger partial charge in [0.05, 0.1) is 0 Å². The van der Waals surface area contributed by atoms with Crippen molar-refractivity contribution in [3.05, 3.63) is 29.8 Å². The summed E-state index contributed by atoms with van der Waals surface area (Å²) in [7, 11) is 0. The number of alkyl halides is 2. The fraction of sp³-hybridized carbons (Fsp3) is 0.500. The molecule has 0 saturated carbocycles. The molecule has 0 saturated heterocycles. The maximum atomic E-state index is 12.3. The first-order valence-corrected chi connectivity index (χ1v) is 6.62. The molecule has 0 atom stereocenters. The van der Waals surface area contributed by atoms with Gasteiger partial charge in [0, 0.05) is 25.2 Å². The number of nitrogens with zero attached hydrogens (tertiary/aromatic N) is 1. The van der Waals surface area contributed by atoms with E-state index in [1.165, 1.54) is 24.3 Å². The van der Waals surface area contributed by atoms with Gasteiger partial charge in [-0.3, -0.25) is 4.79 Å². The van der Waals surface area contributed by atoms with Gasteiger partial charge in [0.25, 0.3) is 5.91 Å². The van der Waals surface area contributed by atoms with Crippen LogP contribution in [0.5, 0.6) is 5.75 Å². The van der Waals surface area contributed by atoms with Crippen LogP contribution in [-0.4, -0.2) is 37.1 Å². The average Bonchev–Trinajstić information content (AvgIpc) is 2.43. The lowest BCUT2D eigenvalue weighted by Crippen LogP contribution is -2.36. The number of unbranched alkanes of at least 4 members (excludes halogenated alkanes) is 1. The fourth-order valence-electron chi connectivity index (χ4n) is 1.78. The largest absolute Gasteiger partial charge is 0.435 e. The van der Waals surface area contributed by atoms with Crippen LogP contribution in [-0.2, 0) is 0 Å². The summed E-state index contributed by atoms with van der Waals surface area (Å²) in [5, 5.41) is 0. The molecule has 0 heterocycles. The lowest BCUT2D eigenvalue weighted by molar-refractivity contribution is -0.0498. The van der Waals surface area contributed by atoms with E-state index in [2.05, 4.69) is 4.74 Å². The Morgan fingerprint density at radius 3 is 2.45 bits per heavy atom. The highest BCUT2D eigenvalue weighted by Crippen LogP contribution is 2.16. The lowest BCUT2D eigenvalue weighted by atomic mass is 10.2. The van der Waals surface area contributed by atoms with Gasteiger partial charge in [-0.25, -0.2) is 0 Å². The number of carbonyl (C=O) groups is 1. The summed E-state index contributed by atoms with van der Waals surface area (Å²) in [5.41, 5.74) is 5.94. The van der Waals surface area contributed by atoms with Crippen LogP contribution in [0.1, 0.15) is 30.1 Å². The Balaban J connectivity index is 2.72. The van der Waals surface area contributed by atoms with Crippen molar-refractivity contribution >= 4 is 5.91 Å². The van der Waals surface area contributed by atoms with Gasteiger partial charge >= 0.3 is 6.61 Å². The monoisotopic (exact) mass is 286 g/mol. The Labute approximate surface area is 117 Å². The van der Waals surface area contributed by atoms with E-state index in [-0.39, 0.29) is 11.7 Å². The third kappa shape index (κ3) is 5.13. The summed E-state index contributed by atoms with van der Waals surface area (Å²) in [6.45, 7) is 0.689. The molecule has 1 amide bonds. The van der Waals surface area contributed by atoms with Crippen molar-refractivity contribution in [2.75, 3.05) is 19.6 Å². The number of benzene rings is 1. The quantitative estimate of drug-likeness (QED) is 0.798. The van der Waals surface area contributed by atoms with E-state index in [1.54, 1.807) is 4.90 Å².